The standard InChI is InChI=1S/C19H27N3O2/c1-13-17(19(23)24-11-14-6-3-2-4-7-14)18(22-12-21-13)15-8-5-9-16(20)10-15/h5,8-10,14,17-18,22H,2-4,6-7,11-12,20H2,1H3. The second kappa shape index (κ2) is 7.79. The van der Waals surface area contributed by atoms with Gasteiger partial charge in [0, 0.05) is 11.4 Å². The lowest BCUT2D eigenvalue weighted by Crippen LogP contribution is -2.42. The van der Waals surface area contributed by atoms with Gasteiger partial charge in [0.25, 0.3) is 0 Å². The van der Waals surface area contributed by atoms with Crippen molar-refractivity contribution in [3.8, 4) is 0 Å². The fraction of sp³-hybridized carbons (Fsp3) is 0.579. The number of nitrogens with two attached hydrogens (primary N) is 1. The zero-order chi connectivity index (χ0) is 16.9. The molecule has 130 valence electrons. The first-order valence-electron chi connectivity index (χ1n) is 8.91. The molecule has 1 aromatic carbocycles. The fourth-order valence-corrected chi connectivity index (χ4v) is 3.74. The highest BCUT2D eigenvalue weighted by Gasteiger charge is 2.35. The predicted molar refractivity (Wildman–Crippen MR) is 95.7 cm³/mol. The van der Waals surface area contributed by atoms with Crippen molar-refractivity contribution in [2.24, 2.45) is 16.8 Å². The molecule has 0 saturated heterocycles. The molecule has 0 spiro atoms. The normalized spacial score (nSPS) is 25.1. The molecule has 3 rings (SSSR count). The Morgan fingerprint density at radius 2 is 2.12 bits per heavy atom. The highest BCUT2D eigenvalue weighted by molar-refractivity contribution is 6.02. The van der Waals surface area contributed by atoms with E-state index in [1.807, 2.05) is 31.2 Å². The number of ether oxygens (including phenoxy) is 1. The third-order valence-electron chi connectivity index (χ3n) is 5.13. The smallest absolute Gasteiger partial charge is 0.316 e. The summed E-state index contributed by atoms with van der Waals surface area (Å²) in [6.07, 6.45) is 6.14. The van der Waals surface area contributed by atoms with Crippen molar-refractivity contribution in [1.29, 1.82) is 0 Å². The van der Waals surface area contributed by atoms with E-state index in [9.17, 15) is 4.79 Å². The van der Waals surface area contributed by atoms with Gasteiger partial charge in [0.1, 0.15) is 5.92 Å². The van der Waals surface area contributed by atoms with E-state index >= 15 is 0 Å². The van der Waals surface area contributed by atoms with Gasteiger partial charge in [0.05, 0.1) is 19.3 Å². The largest absolute Gasteiger partial charge is 0.465 e. The Labute approximate surface area is 143 Å². The number of carbonyl (C=O) groups is 1. The number of nitrogen functional groups attached to an aromatic ring is 1. The molecule has 0 radical (unpaired) electrons. The third kappa shape index (κ3) is 3.96. The number of rotatable bonds is 4. The Morgan fingerprint density at radius 1 is 1.33 bits per heavy atom. The number of nitrogens with zero attached hydrogens (tertiary/aromatic N) is 1. The van der Waals surface area contributed by atoms with E-state index in [4.69, 9.17) is 10.5 Å². The number of esters is 1. The number of hydrogen-bond acceptors (Lipinski definition) is 5. The van der Waals surface area contributed by atoms with E-state index < -0.39 is 0 Å². The van der Waals surface area contributed by atoms with Gasteiger partial charge in [-0.25, -0.2) is 0 Å². The van der Waals surface area contributed by atoms with Crippen LogP contribution in [0, 0.1) is 11.8 Å². The van der Waals surface area contributed by atoms with Crippen molar-refractivity contribution in [3.05, 3.63) is 29.8 Å². The molecule has 1 aromatic rings. The van der Waals surface area contributed by atoms with Crippen LogP contribution in [0.4, 0.5) is 5.69 Å². The van der Waals surface area contributed by atoms with Crippen LogP contribution in [0.15, 0.2) is 29.3 Å². The van der Waals surface area contributed by atoms with E-state index in [2.05, 4.69) is 10.3 Å². The first kappa shape index (κ1) is 17.0. The first-order chi connectivity index (χ1) is 11.6. The molecule has 1 saturated carbocycles. The maximum absolute atomic E-state index is 12.7. The zero-order valence-corrected chi connectivity index (χ0v) is 14.3. The van der Waals surface area contributed by atoms with E-state index in [0.29, 0.717) is 24.9 Å². The topological polar surface area (TPSA) is 76.7 Å². The molecule has 24 heavy (non-hydrogen) atoms. The van der Waals surface area contributed by atoms with Crippen LogP contribution < -0.4 is 11.1 Å². The summed E-state index contributed by atoms with van der Waals surface area (Å²) in [6.45, 7) is 2.95. The van der Waals surface area contributed by atoms with Crippen LogP contribution in [-0.4, -0.2) is 25.0 Å². The van der Waals surface area contributed by atoms with Crippen LogP contribution in [0.3, 0.4) is 0 Å². The van der Waals surface area contributed by atoms with Gasteiger partial charge in [-0.15, -0.1) is 0 Å². The van der Waals surface area contributed by atoms with Gasteiger partial charge in [-0.05, 0) is 43.4 Å². The molecule has 5 nitrogen and oxygen atoms in total. The molecular formula is C19H27N3O2. The monoisotopic (exact) mass is 329 g/mol. The molecule has 5 heteroatoms. The van der Waals surface area contributed by atoms with Gasteiger partial charge in [0.15, 0.2) is 0 Å². The number of anilines is 1. The van der Waals surface area contributed by atoms with Gasteiger partial charge >= 0.3 is 5.97 Å². The molecule has 0 bridgehead atoms. The molecular weight excluding hydrogens is 302 g/mol. The Balaban J connectivity index is 1.70. The highest BCUT2D eigenvalue weighted by Crippen LogP contribution is 2.29. The molecule has 1 heterocycles. The van der Waals surface area contributed by atoms with Gasteiger partial charge in [-0.3, -0.25) is 15.1 Å². The van der Waals surface area contributed by atoms with E-state index in [-0.39, 0.29) is 17.9 Å². The Morgan fingerprint density at radius 3 is 2.88 bits per heavy atom. The van der Waals surface area contributed by atoms with Crippen molar-refractivity contribution in [1.82, 2.24) is 5.32 Å². The highest BCUT2D eigenvalue weighted by atomic mass is 16.5. The molecule has 3 N–H and O–H groups in total. The minimum atomic E-state index is -0.385. The second-order valence-corrected chi connectivity index (χ2v) is 6.92. The average molecular weight is 329 g/mol. The second-order valence-electron chi connectivity index (χ2n) is 6.92. The Hall–Kier alpha value is -1.88. The van der Waals surface area contributed by atoms with Gasteiger partial charge in [-0.2, -0.15) is 0 Å². The van der Waals surface area contributed by atoms with Crippen molar-refractivity contribution in [3.63, 3.8) is 0 Å². The van der Waals surface area contributed by atoms with Crippen molar-refractivity contribution in [2.45, 2.75) is 45.1 Å². The van der Waals surface area contributed by atoms with Crippen molar-refractivity contribution >= 4 is 17.4 Å². The quantitative estimate of drug-likeness (QED) is 0.657. The molecule has 1 aliphatic heterocycles. The summed E-state index contributed by atoms with van der Waals surface area (Å²) in [7, 11) is 0. The van der Waals surface area contributed by atoms with E-state index in [0.717, 1.165) is 11.3 Å². The minimum absolute atomic E-state index is 0.134. The van der Waals surface area contributed by atoms with Crippen LogP contribution in [0.25, 0.3) is 0 Å². The van der Waals surface area contributed by atoms with E-state index in [1.165, 1.54) is 32.1 Å². The first-order valence-corrected chi connectivity index (χ1v) is 8.91. The molecule has 2 unspecified atom stereocenters. The van der Waals surface area contributed by atoms with Crippen LogP contribution >= 0.6 is 0 Å². The summed E-state index contributed by atoms with van der Waals surface area (Å²) < 4.78 is 5.68. The maximum Gasteiger partial charge on any atom is 0.316 e. The van der Waals surface area contributed by atoms with Crippen LogP contribution in [-0.2, 0) is 9.53 Å². The molecule has 0 aromatic heterocycles. The summed E-state index contributed by atoms with van der Waals surface area (Å²) in [5.41, 5.74) is 8.43. The van der Waals surface area contributed by atoms with Crippen LogP contribution in [0.1, 0.15) is 50.6 Å². The zero-order valence-electron chi connectivity index (χ0n) is 14.3. The maximum atomic E-state index is 12.7. The molecule has 2 aliphatic rings. The van der Waals surface area contributed by atoms with Crippen molar-refractivity contribution in [2.75, 3.05) is 19.0 Å². The lowest BCUT2D eigenvalue weighted by molar-refractivity contribution is -0.149. The number of benzene rings is 1. The molecule has 2 atom stereocenters. The summed E-state index contributed by atoms with van der Waals surface area (Å²) in [5.74, 6) is -0.0482. The molecule has 1 aliphatic carbocycles. The predicted octanol–water partition coefficient (Wildman–Crippen LogP) is 3.07. The van der Waals surface area contributed by atoms with Gasteiger partial charge < -0.3 is 10.5 Å². The average Bonchev–Trinajstić information content (AvgIpc) is 2.60. The SMILES string of the molecule is CC1=NCNC(c2cccc(N)c2)C1C(=O)OCC1CCCCC1. The molecule has 1 fully saturated rings. The third-order valence-corrected chi connectivity index (χ3v) is 5.13. The summed E-state index contributed by atoms with van der Waals surface area (Å²) in [4.78, 5) is 17.1. The van der Waals surface area contributed by atoms with Gasteiger partial charge in [-0.1, -0.05) is 31.4 Å². The number of hydrogen-bond donors (Lipinski definition) is 2. The summed E-state index contributed by atoms with van der Waals surface area (Å²) in [6, 6.07) is 7.54. The fourth-order valence-electron chi connectivity index (χ4n) is 3.74. The summed E-state index contributed by atoms with van der Waals surface area (Å²) in [5, 5.41) is 3.32. The number of carbonyl (C=O) groups excluding carboxylic acids is 1. The lowest BCUT2D eigenvalue weighted by Gasteiger charge is -2.31. The van der Waals surface area contributed by atoms with Crippen LogP contribution in [0.2, 0.25) is 0 Å². The number of aliphatic imine (C=N–C) groups is 1. The van der Waals surface area contributed by atoms with Crippen molar-refractivity contribution < 1.29 is 9.53 Å². The Kier molecular flexibility index (Phi) is 5.51. The van der Waals surface area contributed by atoms with Crippen LogP contribution in [0.5, 0.6) is 0 Å². The van der Waals surface area contributed by atoms with Gasteiger partial charge in [0.2, 0.25) is 0 Å². The lowest BCUT2D eigenvalue weighted by atomic mass is 9.87. The number of nitrogens with one attached hydrogen (secondary N) is 1. The molecule has 0 amide bonds. The van der Waals surface area contributed by atoms with E-state index in [1.54, 1.807) is 0 Å². The Bertz CT molecular complexity index is 608. The minimum Gasteiger partial charge on any atom is -0.465 e. The summed E-state index contributed by atoms with van der Waals surface area (Å²) >= 11 is 0.